The van der Waals surface area contributed by atoms with Crippen molar-refractivity contribution in [3.05, 3.63) is 34.4 Å². The number of hydrogen-bond acceptors (Lipinski definition) is 2. The summed E-state index contributed by atoms with van der Waals surface area (Å²) in [6.45, 7) is 12.4. The molecule has 0 aliphatic rings. The Labute approximate surface area is 112 Å². The van der Waals surface area contributed by atoms with Crippen LogP contribution in [0, 0.1) is 20.8 Å². The summed E-state index contributed by atoms with van der Waals surface area (Å²) in [6.07, 6.45) is 2.20. The van der Waals surface area contributed by atoms with Gasteiger partial charge in [-0.1, -0.05) is 24.6 Å². The van der Waals surface area contributed by atoms with Crippen molar-refractivity contribution >= 4 is 0 Å². The highest BCUT2D eigenvalue weighted by atomic mass is 16.5. The molecule has 1 N–H and O–H groups in total. The Bertz CT molecular complexity index is 337. The van der Waals surface area contributed by atoms with Crippen LogP contribution in [-0.4, -0.2) is 26.3 Å². The number of aryl methyl sites for hydroxylation is 3. The zero-order valence-corrected chi connectivity index (χ0v) is 12.3. The summed E-state index contributed by atoms with van der Waals surface area (Å²) in [4.78, 5) is 0. The van der Waals surface area contributed by atoms with Gasteiger partial charge in [-0.25, -0.2) is 0 Å². The Balaban J connectivity index is 2.27. The molecule has 2 nitrogen and oxygen atoms in total. The Hall–Kier alpha value is -0.860. The van der Waals surface area contributed by atoms with Gasteiger partial charge in [0.2, 0.25) is 0 Å². The summed E-state index contributed by atoms with van der Waals surface area (Å²) in [7, 11) is 0. The summed E-state index contributed by atoms with van der Waals surface area (Å²) in [5, 5.41) is 3.34. The molecule has 0 atom stereocenters. The van der Waals surface area contributed by atoms with E-state index in [1.54, 1.807) is 0 Å². The minimum atomic E-state index is 0.809. The molecule has 0 aliphatic carbocycles. The van der Waals surface area contributed by atoms with Gasteiger partial charge in [0, 0.05) is 6.54 Å². The molecule has 18 heavy (non-hydrogen) atoms. The van der Waals surface area contributed by atoms with Gasteiger partial charge in [-0.2, -0.15) is 0 Å². The zero-order valence-electron chi connectivity index (χ0n) is 12.3. The van der Waals surface area contributed by atoms with Gasteiger partial charge < -0.3 is 10.1 Å². The lowest BCUT2D eigenvalue weighted by molar-refractivity contribution is 0.139. The van der Waals surface area contributed by atoms with Crippen molar-refractivity contribution in [2.24, 2.45) is 0 Å². The standard InChI is InChI=1S/C16H27NO/c1-5-7-17-8-10-18-9-6-16-14(3)11-13(2)12-15(16)4/h11-12,17H,5-10H2,1-4H3. The lowest BCUT2D eigenvalue weighted by atomic mass is 9.98. The molecular formula is C16H27NO. The van der Waals surface area contributed by atoms with Crippen LogP contribution in [0.15, 0.2) is 12.1 Å². The summed E-state index contributed by atoms with van der Waals surface area (Å²) in [5.74, 6) is 0. The third kappa shape index (κ3) is 5.19. The van der Waals surface area contributed by atoms with Crippen LogP contribution in [0.2, 0.25) is 0 Å². The largest absolute Gasteiger partial charge is 0.380 e. The third-order valence-electron chi connectivity index (χ3n) is 3.19. The van der Waals surface area contributed by atoms with E-state index in [1.165, 1.54) is 28.7 Å². The normalized spacial score (nSPS) is 10.9. The highest BCUT2D eigenvalue weighted by Crippen LogP contribution is 2.16. The first kappa shape index (κ1) is 15.2. The highest BCUT2D eigenvalue weighted by molar-refractivity contribution is 5.37. The van der Waals surface area contributed by atoms with Gasteiger partial charge in [-0.3, -0.25) is 0 Å². The fraction of sp³-hybridized carbons (Fsp3) is 0.625. The Morgan fingerprint density at radius 1 is 1.00 bits per heavy atom. The molecule has 2 heteroatoms. The molecule has 102 valence electrons. The van der Waals surface area contributed by atoms with Gasteiger partial charge in [0.1, 0.15) is 0 Å². The van der Waals surface area contributed by atoms with Crippen molar-refractivity contribution in [2.45, 2.75) is 40.5 Å². The van der Waals surface area contributed by atoms with E-state index in [0.717, 1.165) is 32.7 Å². The molecular weight excluding hydrogens is 222 g/mol. The molecule has 1 rings (SSSR count). The maximum Gasteiger partial charge on any atom is 0.0591 e. The lowest BCUT2D eigenvalue weighted by Crippen LogP contribution is -2.20. The molecule has 0 saturated carbocycles. The van der Waals surface area contributed by atoms with Crippen LogP contribution < -0.4 is 5.32 Å². The number of hydrogen-bond donors (Lipinski definition) is 1. The quantitative estimate of drug-likeness (QED) is 0.715. The molecule has 0 unspecified atom stereocenters. The van der Waals surface area contributed by atoms with Crippen LogP contribution >= 0.6 is 0 Å². The Kier molecular flexibility index (Phi) is 6.99. The van der Waals surface area contributed by atoms with Crippen molar-refractivity contribution in [2.75, 3.05) is 26.3 Å². The van der Waals surface area contributed by atoms with Crippen LogP contribution in [0.3, 0.4) is 0 Å². The second-order valence-corrected chi connectivity index (χ2v) is 4.99. The number of ether oxygens (including phenoxy) is 1. The first-order valence-electron chi connectivity index (χ1n) is 7.00. The second kappa shape index (κ2) is 8.28. The monoisotopic (exact) mass is 249 g/mol. The molecule has 0 heterocycles. The highest BCUT2D eigenvalue weighted by Gasteiger charge is 2.03. The van der Waals surface area contributed by atoms with Crippen LogP contribution in [0.5, 0.6) is 0 Å². The SMILES string of the molecule is CCCNCCOCCc1c(C)cc(C)cc1C. The van der Waals surface area contributed by atoms with E-state index in [1.807, 2.05) is 0 Å². The maximum atomic E-state index is 5.66. The van der Waals surface area contributed by atoms with E-state index < -0.39 is 0 Å². The number of nitrogens with one attached hydrogen (secondary N) is 1. The molecule has 0 aliphatic heterocycles. The molecule has 0 fully saturated rings. The van der Waals surface area contributed by atoms with E-state index in [4.69, 9.17) is 4.74 Å². The molecule has 0 saturated heterocycles. The second-order valence-electron chi connectivity index (χ2n) is 4.99. The van der Waals surface area contributed by atoms with Crippen LogP contribution in [0.1, 0.15) is 35.6 Å². The molecule has 0 bridgehead atoms. The molecule has 1 aromatic carbocycles. The fourth-order valence-corrected chi connectivity index (χ4v) is 2.33. The Morgan fingerprint density at radius 2 is 1.67 bits per heavy atom. The first-order chi connectivity index (χ1) is 8.65. The van der Waals surface area contributed by atoms with E-state index in [0.29, 0.717) is 0 Å². The first-order valence-corrected chi connectivity index (χ1v) is 7.00. The van der Waals surface area contributed by atoms with Gasteiger partial charge in [0.05, 0.1) is 13.2 Å². The zero-order chi connectivity index (χ0) is 13.4. The van der Waals surface area contributed by atoms with Gasteiger partial charge >= 0.3 is 0 Å². The molecule has 0 radical (unpaired) electrons. The predicted octanol–water partition coefficient (Wildman–Crippen LogP) is 3.17. The molecule has 0 spiro atoms. The third-order valence-corrected chi connectivity index (χ3v) is 3.19. The summed E-state index contributed by atoms with van der Waals surface area (Å²) >= 11 is 0. The Morgan fingerprint density at radius 3 is 2.28 bits per heavy atom. The number of benzene rings is 1. The summed E-state index contributed by atoms with van der Waals surface area (Å²) in [5.41, 5.74) is 5.57. The smallest absolute Gasteiger partial charge is 0.0591 e. The summed E-state index contributed by atoms with van der Waals surface area (Å²) < 4.78 is 5.66. The van der Waals surface area contributed by atoms with E-state index >= 15 is 0 Å². The van der Waals surface area contributed by atoms with Crippen LogP contribution in [0.4, 0.5) is 0 Å². The maximum absolute atomic E-state index is 5.66. The van der Waals surface area contributed by atoms with E-state index in [-0.39, 0.29) is 0 Å². The molecule has 0 amide bonds. The fourth-order valence-electron chi connectivity index (χ4n) is 2.33. The van der Waals surface area contributed by atoms with Crippen molar-refractivity contribution < 1.29 is 4.74 Å². The molecule has 1 aromatic rings. The van der Waals surface area contributed by atoms with Crippen molar-refractivity contribution in [1.29, 1.82) is 0 Å². The molecule has 0 aromatic heterocycles. The number of rotatable bonds is 8. The average molecular weight is 249 g/mol. The minimum Gasteiger partial charge on any atom is -0.380 e. The minimum absolute atomic E-state index is 0.809. The van der Waals surface area contributed by atoms with Gasteiger partial charge in [0.15, 0.2) is 0 Å². The van der Waals surface area contributed by atoms with Crippen LogP contribution in [-0.2, 0) is 11.2 Å². The van der Waals surface area contributed by atoms with Crippen molar-refractivity contribution in [1.82, 2.24) is 5.32 Å². The summed E-state index contributed by atoms with van der Waals surface area (Å²) in [6, 6.07) is 4.51. The average Bonchev–Trinajstić information content (AvgIpc) is 2.30. The van der Waals surface area contributed by atoms with Gasteiger partial charge in [-0.05, 0) is 56.8 Å². The predicted molar refractivity (Wildman–Crippen MR) is 78.3 cm³/mol. The lowest BCUT2D eigenvalue weighted by Gasteiger charge is -2.11. The topological polar surface area (TPSA) is 21.3 Å². The van der Waals surface area contributed by atoms with Gasteiger partial charge in [0.25, 0.3) is 0 Å². The van der Waals surface area contributed by atoms with Gasteiger partial charge in [-0.15, -0.1) is 0 Å². The van der Waals surface area contributed by atoms with Crippen molar-refractivity contribution in [3.8, 4) is 0 Å². The van der Waals surface area contributed by atoms with Crippen LogP contribution in [0.25, 0.3) is 0 Å². The van der Waals surface area contributed by atoms with E-state index in [2.05, 4.69) is 45.1 Å². The van der Waals surface area contributed by atoms with Crippen molar-refractivity contribution in [3.63, 3.8) is 0 Å². The van der Waals surface area contributed by atoms with E-state index in [9.17, 15) is 0 Å².